The molecule has 0 unspecified atom stereocenters. The predicted octanol–water partition coefficient (Wildman–Crippen LogP) is 2.51. The molecule has 0 N–H and O–H groups in total. The van der Waals surface area contributed by atoms with Gasteiger partial charge in [-0.1, -0.05) is 11.3 Å². The molecule has 60 valence electrons. The van der Waals surface area contributed by atoms with Crippen molar-refractivity contribution in [3.63, 3.8) is 0 Å². The maximum Gasteiger partial charge on any atom is 0.186 e. The lowest BCUT2D eigenvalue weighted by Gasteiger charge is -2.11. The van der Waals surface area contributed by atoms with E-state index in [0.29, 0.717) is 8.69 Å². The SMILES string of the molecule is [2H]C1([2H])N(c2ncc(Br)s2)C([2H])([2H])C([2H])([2H])C1([2H])[2H]. The van der Waals surface area contributed by atoms with Crippen molar-refractivity contribution in [2.75, 3.05) is 17.9 Å². The molecule has 11 heavy (non-hydrogen) atoms. The van der Waals surface area contributed by atoms with Crippen LogP contribution in [0.3, 0.4) is 0 Å². The van der Waals surface area contributed by atoms with E-state index < -0.39 is 25.7 Å². The largest absolute Gasteiger partial charge is 0.348 e. The number of aromatic nitrogens is 1. The van der Waals surface area contributed by atoms with E-state index in [2.05, 4.69) is 20.9 Å². The van der Waals surface area contributed by atoms with Crippen LogP contribution in [0, 0.1) is 0 Å². The Bertz CT molecular complexity index is 489. The first kappa shape index (κ1) is 2.70. The molecule has 4 heteroatoms. The molecule has 0 amide bonds. The van der Waals surface area contributed by atoms with Crippen LogP contribution < -0.4 is 4.90 Å². The summed E-state index contributed by atoms with van der Waals surface area (Å²) in [5.74, 6) is 0. The van der Waals surface area contributed by atoms with Crippen molar-refractivity contribution in [3.8, 4) is 0 Å². The predicted molar refractivity (Wildman–Crippen MR) is 51.3 cm³/mol. The molecule has 0 aliphatic carbocycles. The minimum absolute atomic E-state index is 0.118. The second-order valence-electron chi connectivity index (χ2n) is 1.76. The van der Waals surface area contributed by atoms with Crippen LogP contribution in [-0.4, -0.2) is 18.0 Å². The molecule has 1 aromatic rings. The van der Waals surface area contributed by atoms with Crippen molar-refractivity contribution in [3.05, 3.63) is 9.98 Å². The van der Waals surface area contributed by atoms with Gasteiger partial charge in [-0.25, -0.2) is 4.98 Å². The summed E-state index contributed by atoms with van der Waals surface area (Å²) in [6, 6.07) is 0. The third kappa shape index (κ3) is 1.56. The highest BCUT2D eigenvalue weighted by atomic mass is 79.9. The van der Waals surface area contributed by atoms with E-state index in [1.165, 1.54) is 6.20 Å². The second kappa shape index (κ2) is 3.11. The van der Waals surface area contributed by atoms with Crippen LogP contribution in [-0.2, 0) is 0 Å². The Morgan fingerprint density at radius 3 is 2.91 bits per heavy atom. The number of anilines is 1. The molecule has 2 heterocycles. The van der Waals surface area contributed by atoms with Gasteiger partial charge < -0.3 is 4.90 Å². The van der Waals surface area contributed by atoms with Crippen LogP contribution >= 0.6 is 27.3 Å². The molecule has 0 bridgehead atoms. The van der Waals surface area contributed by atoms with Crippen molar-refractivity contribution in [1.29, 1.82) is 0 Å². The highest BCUT2D eigenvalue weighted by Crippen LogP contribution is 2.28. The Hall–Kier alpha value is -0.0900. The molecule has 2 rings (SSSR count). The van der Waals surface area contributed by atoms with E-state index in [1.54, 1.807) is 0 Å². The van der Waals surface area contributed by atoms with Gasteiger partial charge in [0.25, 0.3) is 0 Å². The third-order valence-electron chi connectivity index (χ3n) is 1.05. The number of rotatable bonds is 1. The van der Waals surface area contributed by atoms with Crippen molar-refractivity contribution in [2.24, 2.45) is 0 Å². The molecule has 0 atom stereocenters. The molecule has 0 saturated carbocycles. The average Bonchev–Trinajstić information content (AvgIpc) is 2.64. The summed E-state index contributed by atoms with van der Waals surface area (Å²) < 4.78 is 62.2. The molecule has 0 spiro atoms. The van der Waals surface area contributed by atoms with Gasteiger partial charge in [0.15, 0.2) is 5.13 Å². The smallest absolute Gasteiger partial charge is 0.186 e. The summed E-state index contributed by atoms with van der Waals surface area (Å²) in [4.78, 5) is 4.24. The summed E-state index contributed by atoms with van der Waals surface area (Å²) in [6.07, 6.45) is -4.72. The van der Waals surface area contributed by atoms with Gasteiger partial charge in [0.05, 0.1) is 9.98 Å². The van der Waals surface area contributed by atoms with Crippen LogP contribution in [0.15, 0.2) is 9.98 Å². The van der Waals surface area contributed by atoms with Crippen LogP contribution in [0.4, 0.5) is 5.13 Å². The standard InChI is InChI=1S/C7H9BrN2S/c8-6-5-9-7(11-6)10-3-1-2-4-10/h5H,1-4H2/i1D2,2D2,3D2,4D2. The first-order chi connectivity index (χ1) is 8.37. The molecule has 1 saturated heterocycles. The Balaban J connectivity index is 2.67. The minimum atomic E-state index is -3.03. The van der Waals surface area contributed by atoms with Gasteiger partial charge in [-0.05, 0) is 28.7 Å². The molecule has 1 aliphatic heterocycles. The van der Waals surface area contributed by atoms with Crippen LogP contribution in [0.1, 0.15) is 23.7 Å². The van der Waals surface area contributed by atoms with Gasteiger partial charge in [-0.3, -0.25) is 0 Å². The van der Waals surface area contributed by atoms with Gasteiger partial charge in [0.2, 0.25) is 0 Å². The lowest BCUT2D eigenvalue weighted by molar-refractivity contribution is 0.949. The molecule has 1 aromatic heterocycles. The Labute approximate surface area is 89.6 Å². The molecular formula is C7H9BrN2S. The van der Waals surface area contributed by atoms with Gasteiger partial charge in [-0.2, -0.15) is 0 Å². The molecule has 1 fully saturated rings. The van der Waals surface area contributed by atoms with E-state index >= 15 is 0 Å². The first-order valence-electron chi connectivity index (χ1n) is 6.79. The number of hydrogen-bond acceptors (Lipinski definition) is 3. The number of hydrogen-bond donors (Lipinski definition) is 0. The monoisotopic (exact) mass is 240 g/mol. The molecule has 2 nitrogen and oxygen atoms in total. The van der Waals surface area contributed by atoms with E-state index in [1.807, 2.05) is 0 Å². The average molecular weight is 241 g/mol. The maximum atomic E-state index is 7.79. The normalized spacial score (nSPS) is 46.8. The van der Waals surface area contributed by atoms with Crippen molar-refractivity contribution in [1.82, 2.24) is 4.98 Å². The van der Waals surface area contributed by atoms with Gasteiger partial charge in [0, 0.05) is 24.0 Å². The van der Waals surface area contributed by atoms with E-state index in [9.17, 15) is 0 Å². The van der Waals surface area contributed by atoms with Crippen LogP contribution in [0.5, 0.6) is 0 Å². The van der Waals surface area contributed by atoms with Gasteiger partial charge in [0.1, 0.15) is 0 Å². The van der Waals surface area contributed by atoms with Crippen LogP contribution in [0.2, 0.25) is 0 Å². The minimum Gasteiger partial charge on any atom is -0.348 e. The Morgan fingerprint density at radius 1 is 1.64 bits per heavy atom. The number of thiazole rings is 1. The van der Waals surface area contributed by atoms with Crippen molar-refractivity contribution in [2.45, 2.75) is 12.7 Å². The zero-order valence-corrected chi connectivity index (χ0v) is 7.66. The Kier molecular flexibility index (Phi) is 0.764. The van der Waals surface area contributed by atoms with E-state index in [0.717, 1.165) is 11.3 Å². The summed E-state index contributed by atoms with van der Waals surface area (Å²) in [5.41, 5.74) is 0. The molecule has 0 aromatic carbocycles. The van der Waals surface area contributed by atoms with Crippen molar-refractivity contribution >= 4 is 32.4 Å². The van der Waals surface area contributed by atoms with Gasteiger partial charge >= 0.3 is 0 Å². The molecular weight excluding hydrogens is 224 g/mol. The fraction of sp³-hybridized carbons (Fsp3) is 0.571. The summed E-state index contributed by atoms with van der Waals surface area (Å²) >= 11 is 4.02. The third-order valence-corrected chi connectivity index (χ3v) is 2.52. The van der Waals surface area contributed by atoms with E-state index in [-0.39, 0.29) is 5.13 Å². The lowest BCUT2D eigenvalue weighted by Crippen LogP contribution is -2.16. The first-order valence-corrected chi connectivity index (χ1v) is 4.40. The topological polar surface area (TPSA) is 16.1 Å². The summed E-state index contributed by atoms with van der Waals surface area (Å²) in [7, 11) is 0. The molecule has 1 aliphatic rings. The molecule has 0 radical (unpaired) electrons. The summed E-state index contributed by atoms with van der Waals surface area (Å²) in [5, 5.41) is -0.118. The van der Waals surface area contributed by atoms with Gasteiger partial charge in [-0.15, -0.1) is 0 Å². The maximum absolute atomic E-state index is 7.79. The fourth-order valence-electron chi connectivity index (χ4n) is 0.641. The zero-order chi connectivity index (χ0) is 14.9. The number of nitrogens with zero attached hydrogens (tertiary/aromatic N) is 2. The quantitative estimate of drug-likeness (QED) is 0.751. The highest BCUT2D eigenvalue weighted by molar-refractivity contribution is 9.11. The number of halogens is 1. The lowest BCUT2D eigenvalue weighted by atomic mass is 10.4. The second-order valence-corrected chi connectivity index (χ2v) is 4.14. The van der Waals surface area contributed by atoms with E-state index in [4.69, 9.17) is 11.0 Å². The Morgan fingerprint density at radius 2 is 2.36 bits per heavy atom. The zero-order valence-electron chi connectivity index (χ0n) is 13.3. The van der Waals surface area contributed by atoms with Crippen LogP contribution in [0.25, 0.3) is 0 Å². The van der Waals surface area contributed by atoms with Crippen molar-refractivity contribution < 1.29 is 11.0 Å². The highest BCUT2D eigenvalue weighted by Gasteiger charge is 2.14. The summed E-state index contributed by atoms with van der Waals surface area (Å²) in [6.45, 7) is -5.73. The fourth-order valence-corrected chi connectivity index (χ4v) is 1.75.